The highest BCUT2D eigenvalue weighted by atomic mass is 19.3. The van der Waals surface area contributed by atoms with Crippen molar-refractivity contribution in [1.29, 1.82) is 0 Å². The van der Waals surface area contributed by atoms with Crippen molar-refractivity contribution in [3.05, 3.63) is 11.7 Å². The lowest BCUT2D eigenvalue weighted by Gasteiger charge is -2.33. The Morgan fingerprint density at radius 1 is 1.47 bits per heavy atom. The lowest BCUT2D eigenvalue weighted by Crippen LogP contribution is -2.39. The van der Waals surface area contributed by atoms with Crippen LogP contribution in [-0.4, -0.2) is 23.5 Å². The lowest BCUT2D eigenvalue weighted by atomic mass is 9.84. The maximum Gasteiger partial charge on any atom is 0.270 e. The molecule has 2 heterocycles. The first kappa shape index (κ1) is 11.1. The summed E-state index contributed by atoms with van der Waals surface area (Å²) < 4.78 is 25.2. The second-order valence-corrected chi connectivity index (χ2v) is 5.39. The molecule has 2 saturated heterocycles. The van der Waals surface area contributed by atoms with E-state index in [1.54, 1.807) is 0 Å². The van der Waals surface area contributed by atoms with E-state index in [0.717, 1.165) is 19.4 Å². The van der Waals surface area contributed by atoms with Gasteiger partial charge in [-0.05, 0) is 38.1 Å². The molecule has 86 valence electrons. The first-order valence-electron chi connectivity index (χ1n) is 5.81. The van der Waals surface area contributed by atoms with E-state index in [1.165, 1.54) is 6.42 Å². The Balaban J connectivity index is 2.19. The van der Waals surface area contributed by atoms with Crippen molar-refractivity contribution in [2.45, 2.75) is 45.1 Å². The van der Waals surface area contributed by atoms with Gasteiger partial charge in [0, 0.05) is 17.7 Å². The zero-order valence-corrected chi connectivity index (χ0v) is 9.52. The van der Waals surface area contributed by atoms with Crippen molar-refractivity contribution < 1.29 is 8.78 Å². The van der Waals surface area contributed by atoms with Gasteiger partial charge in [0.05, 0.1) is 0 Å². The molecule has 0 radical (unpaired) electrons. The largest absolute Gasteiger partial charge is 0.293 e. The third kappa shape index (κ3) is 1.94. The molecule has 0 aliphatic carbocycles. The molecule has 0 saturated carbocycles. The summed E-state index contributed by atoms with van der Waals surface area (Å²) in [5.41, 5.74) is 0.461. The van der Waals surface area contributed by atoms with Crippen molar-refractivity contribution in [2.24, 2.45) is 5.92 Å². The molecule has 0 unspecified atom stereocenters. The fourth-order valence-electron chi connectivity index (χ4n) is 3.31. The van der Waals surface area contributed by atoms with Gasteiger partial charge >= 0.3 is 0 Å². The van der Waals surface area contributed by atoms with Gasteiger partial charge in [0.2, 0.25) is 0 Å². The highest BCUT2D eigenvalue weighted by Gasteiger charge is 2.47. The standard InChI is InChI=1S/C12H19F2N/c1-9(2)6-12-4-3-5-15(12)8-10(7-12)11(13)14/h9H,3-8H2,1-2H3/t12-/m1/s1. The van der Waals surface area contributed by atoms with Crippen LogP contribution in [-0.2, 0) is 0 Å². The average Bonchev–Trinajstić information content (AvgIpc) is 2.57. The van der Waals surface area contributed by atoms with Crippen LogP contribution in [0.3, 0.4) is 0 Å². The molecule has 0 aromatic rings. The maximum atomic E-state index is 12.6. The van der Waals surface area contributed by atoms with Crippen molar-refractivity contribution in [2.75, 3.05) is 13.1 Å². The SMILES string of the molecule is CC(C)C[C@@]12CCCN1CC(=C(F)F)C2. The van der Waals surface area contributed by atoms with Gasteiger partial charge in [-0.1, -0.05) is 13.8 Å². The normalized spacial score (nSPS) is 31.4. The molecule has 1 nitrogen and oxygen atoms in total. The minimum absolute atomic E-state index is 0.0763. The average molecular weight is 215 g/mol. The second-order valence-electron chi connectivity index (χ2n) is 5.39. The van der Waals surface area contributed by atoms with E-state index in [1.807, 2.05) is 0 Å². The highest BCUT2D eigenvalue weighted by molar-refractivity contribution is 5.21. The molecule has 2 rings (SSSR count). The summed E-state index contributed by atoms with van der Waals surface area (Å²) in [5, 5.41) is 0. The molecule has 0 spiro atoms. The molecule has 1 atom stereocenters. The Kier molecular flexibility index (Phi) is 2.84. The number of hydrogen-bond acceptors (Lipinski definition) is 1. The maximum absolute atomic E-state index is 12.6. The van der Waals surface area contributed by atoms with Crippen LogP contribution in [0.15, 0.2) is 11.7 Å². The summed E-state index contributed by atoms with van der Waals surface area (Å²) in [4.78, 5) is 2.28. The van der Waals surface area contributed by atoms with E-state index in [9.17, 15) is 8.78 Å². The van der Waals surface area contributed by atoms with E-state index in [2.05, 4.69) is 18.7 Å². The summed E-state index contributed by atoms with van der Waals surface area (Å²) >= 11 is 0. The monoisotopic (exact) mass is 215 g/mol. The molecular weight excluding hydrogens is 196 g/mol. The predicted molar refractivity (Wildman–Crippen MR) is 56.9 cm³/mol. The van der Waals surface area contributed by atoms with Crippen LogP contribution in [0.1, 0.15) is 39.5 Å². The smallest absolute Gasteiger partial charge is 0.270 e. The molecule has 2 aliphatic rings. The quantitative estimate of drug-likeness (QED) is 0.682. The van der Waals surface area contributed by atoms with Gasteiger partial charge < -0.3 is 0 Å². The third-order valence-corrected chi connectivity index (χ3v) is 3.72. The third-order valence-electron chi connectivity index (χ3n) is 3.72. The molecular formula is C12H19F2N. The van der Waals surface area contributed by atoms with Gasteiger partial charge in [0.25, 0.3) is 6.08 Å². The van der Waals surface area contributed by atoms with Gasteiger partial charge in [0.1, 0.15) is 0 Å². The van der Waals surface area contributed by atoms with E-state index >= 15 is 0 Å². The van der Waals surface area contributed by atoms with Gasteiger partial charge in [-0.3, -0.25) is 4.90 Å². The van der Waals surface area contributed by atoms with Crippen molar-refractivity contribution >= 4 is 0 Å². The number of halogens is 2. The summed E-state index contributed by atoms with van der Waals surface area (Å²) in [6.45, 7) is 5.87. The molecule has 3 heteroatoms. The number of nitrogens with zero attached hydrogens (tertiary/aromatic N) is 1. The summed E-state index contributed by atoms with van der Waals surface area (Å²) in [6, 6.07) is 0. The Morgan fingerprint density at radius 3 is 2.80 bits per heavy atom. The summed E-state index contributed by atoms with van der Waals surface area (Å²) in [6.07, 6.45) is 2.50. The van der Waals surface area contributed by atoms with Gasteiger partial charge in [-0.2, -0.15) is 8.78 Å². The molecule has 0 amide bonds. The van der Waals surface area contributed by atoms with Crippen LogP contribution in [0.2, 0.25) is 0 Å². The molecule has 2 fully saturated rings. The Hall–Kier alpha value is -0.440. The highest BCUT2D eigenvalue weighted by Crippen LogP contribution is 2.46. The van der Waals surface area contributed by atoms with Crippen LogP contribution < -0.4 is 0 Å². The fourth-order valence-corrected chi connectivity index (χ4v) is 3.31. The van der Waals surface area contributed by atoms with Gasteiger partial charge in [-0.25, -0.2) is 0 Å². The first-order chi connectivity index (χ1) is 7.03. The Morgan fingerprint density at radius 2 is 2.20 bits per heavy atom. The van der Waals surface area contributed by atoms with E-state index in [4.69, 9.17) is 0 Å². The fraction of sp³-hybridized carbons (Fsp3) is 0.833. The minimum atomic E-state index is -1.44. The zero-order chi connectivity index (χ0) is 11.1. The van der Waals surface area contributed by atoms with Crippen molar-refractivity contribution in [3.63, 3.8) is 0 Å². The van der Waals surface area contributed by atoms with Crippen LogP contribution in [0.5, 0.6) is 0 Å². The van der Waals surface area contributed by atoms with Crippen molar-refractivity contribution in [3.8, 4) is 0 Å². The second kappa shape index (κ2) is 3.85. The van der Waals surface area contributed by atoms with Gasteiger partial charge in [-0.15, -0.1) is 0 Å². The molecule has 0 aromatic carbocycles. The van der Waals surface area contributed by atoms with Crippen LogP contribution >= 0.6 is 0 Å². The van der Waals surface area contributed by atoms with Crippen LogP contribution in [0.4, 0.5) is 8.78 Å². The van der Waals surface area contributed by atoms with Crippen LogP contribution in [0, 0.1) is 5.92 Å². The molecule has 2 aliphatic heterocycles. The number of hydrogen-bond donors (Lipinski definition) is 0. The summed E-state index contributed by atoms with van der Waals surface area (Å²) in [5.74, 6) is 0.590. The lowest BCUT2D eigenvalue weighted by molar-refractivity contribution is 0.163. The summed E-state index contributed by atoms with van der Waals surface area (Å²) in [7, 11) is 0. The van der Waals surface area contributed by atoms with E-state index in [-0.39, 0.29) is 5.54 Å². The van der Waals surface area contributed by atoms with Gasteiger partial charge in [0.15, 0.2) is 0 Å². The first-order valence-corrected chi connectivity index (χ1v) is 5.81. The topological polar surface area (TPSA) is 3.24 Å². The number of fused-ring (bicyclic) bond motifs is 1. The molecule has 0 aromatic heterocycles. The number of rotatable bonds is 2. The predicted octanol–water partition coefficient (Wildman–Crippen LogP) is 3.42. The molecule has 15 heavy (non-hydrogen) atoms. The minimum Gasteiger partial charge on any atom is -0.293 e. The van der Waals surface area contributed by atoms with E-state index in [0.29, 0.717) is 24.5 Å². The van der Waals surface area contributed by atoms with E-state index < -0.39 is 6.08 Å². The molecule has 0 bridgehead atoms. The molecule has 0 N–H and O–H groups in total. The Labute approximate surface area is 90.1 Å². The Bertz CT molecular complexity index is 281. The zero-order valence-electron chi connectivity index (χ0n) is 9.52. The van der Waals surface area contributed by atoms with Crippen molar-refractivity contribution in [1.82, 2.24) is 4.90 Å². The van der Waals surface area contributed by atoms with Crippen LogP contribution in [0.25, 0.3) is 0 Å².